The van der Waals surface area contributed by atoms with Gasteiger partial charge in [-0.2, -0.15) is 0 Å². The highest BCUT2D eigenvalue weighted by Crippen LogP contribution is 2.34. The lowest BCUT2D eigenvalue weighted by Crippen LogP contribution is -2.07. The van der Waals surface area contributed by atoms with Gasteiger partial charge in [-0.3, -0.25) is 4.57 Å². The smallest absolute Gasteiger partial charge is 0.144 e. The average molecular weight is 373 g/mol. The topological polar surface area (TPSA) is 35.6 Å². The molecule has 0 atom stereocenters. The van der Waals surface area contributed by atoms with Crippen LogP contribution in [0.1, 0.15) is 56.5 Å². The molecule has 4 rings (SSSR count). The molecule has 28 heavy (non-hydrogen) atoms. The molecule has 144 valence electrons. The van der Waals surface area contributed by atoms with Gasteiger partial charge in [-0.15, -0.1) is 0 Å². The molecule has 2 aromatic carbocycles. The summed E-state index contributed by atoms with van der Waals surface area (Å²) in [5.74, 6) is 2.86. The van der Waals surface area contributed by atoms with Crippen LogP contribution in [0.4, 0.5) is 0 Å². The van der Waals surface area contributed by atoms with Gasteiger partial charge in [0.05, 0.1) is 16.7 Å². The van der Waals surface area contributed by atoms with Crippen molar-refractivity contribution in [3.05, 3.63) is 65.7 Å². The molecule has 0 amide bonds. The maximum atomic E-state index is 4.74. The molecule has 0 N–H and O–H groups in total. The predicted octanol–water partition coefficient (Wildman–Crippen LogP) is 5.98. The Morgan fingerprint density at radius 1 is 0.929 bits per heavy atom. The highest BCUT2D eigenvalue weighted by atomic mass is 15.1. The number of nitrogens with zero attached hydrogens (tertiary/aromatic N) is 4. The highest BCUT2D eigenvalue weighted by Gasteiger charge is 2.19. The number of fused-ring (bicyclic) bond motifs is 1. The van der Waals surface area contributed by atoms with Crippen LogP contribution in [0.15, 0.2) is 48.8 Å². The van der Waals surface area contributed by atoms with Crippen molar-refractivity contribution < 1.29 is 0 Å². The van der Waals surface area contributed by atoms with Crippen molar-refractivity contribution in [3.63, 3.8) is 0 Å². The van der Waals surface area contributed by atoms with Gasteiger partial charge in [0.15, 0.2) is 0 Å². The molecule has 0 saturated carbocycles. The number of para-hydroxylation sites is 1. The van der Waals surface area contributed by atoms with Gasteiger partial charge in [0.25, 0.3) is 0 Å². The van der Waals surface area contributed by atoms with E-state index in [0.717, 1.165) is 28.2 Å². The minimum Gasteiger partial charge on any atom is -0.331 e. The fraction of sp³-hybridized carbons (Fsp3) is 0.333. The minimum absolute atomic E-state index is 0.436. The Labute approximate surface area is 166 Å². The van der Waals surface area contributed by atoms with Crippen LogP contribution in [0.5, 0.6) is 0 Å². The zero-order valence-electron chi connectivity index (χ0n) is 17.6. The Morgan fingerprint density at radius 2 is 1.61 bits per heavy atom. The Kier molecular flexibility index (Phi) is 4.58. The molecule has 0 radical (unpaired) electrons. The molecule has 0 bridgehead atoms. The first kappa shape index (κ1) is 18.5. The van der Waals surface area contributed by atoms with E-state index in [0.29, 0.717) is 11.8 Å². The molecule has 4 aromatic rings. The number of hydrogen-bond acceptors (Lipinski definition) is 2. The molecular formula is C24H28N4. The number of aryl methyl sites for hydroxylation is 2. The molecule has 2 heterocycles. The molecule has 0 saturated heterocycles. The van der Waals surface area contributed by atoms with Crippen LogP contribution < -0.4 is 0 Å². The van der Waals surface area contributed by atoms with Gasteiger partial charge in [0, 0.05) is 25.0 Å². The van der Waals surface area contributed by atoms with Gasteiger partial charge >= 0.3 is 0 Å². The molecule has 0 spiro atoms. The van der Waals surface area contributed by atoms with Gasteiger partial charge < -0.3 is 4.57 Å². The van der Waals surface area contributed by atoms with Gasteiger partial charge in [0.1, 0.15) is 11.6 Å². The second-order valence-electron chi connectivity index (χ2n) is 8.14. The normalized spacial score (nSPS) is 11.9. The van der Waals surface area contributed by atoms with Crippen LogP contribution in [0.25, 0.3) is 28.1 Å². The molecule has 4 heteroatoms. The van der Waals surface area contributed by atoms with Crippen molar-refractivity contribution in [2.45, 2.75) is 46.5 Å². The second kappa shape index (κ2) is 6.93. The van der Waals surface area contributed by atoms with Crippen LogP contribution in [-0.4, -0.2) is 19.1 Å². The van der Waals surface area contributed by atoms with Crippen LogP contribution in [0.3, 0.4) is 0 Å². The molecule has 0 aliphatic carbocycles. The van der Waals surface area contributed by atoms with E-state index in [1.165, 1.54) is 16.8 Å². The summed E-state index contributed by atoms with van der Waals surface area (Å²) in [7, 11) is 2.06. The van der Waals surface area contributed by atoms with E-state index >= 15 is 0 Å². The van der Waals surface area contributed by atoms with Gasteiger partial charge in [-0.1, -0.05) is 45.9 Å². The Hall–Kier alpha value is -2.88. The van der Waals surface area contributed by atoms with Crippen LogP contribution in [0, 0.1) is 6.92 Å². The first-order valence-electron chi connectivity index (χ1n) is 9.98. The van der Waals surface area contributed by atoms with E-state index in [1.54, 1.807) is 0 Å². The number of hydrogen-bond donors (Lipinski definition) is 0. The number of benzene rings is 2. The summed E-state index contributed by atoms with van der Waals surface area (Å²) < 4.78 is 4.39. The van der Waals surface area contributed by atoms with Crippen LogP contribution in [0.2, 0.25) is 0 Å². The summed E-state index contributed by atoms with van der Waals surface area (Å²) in [6.45, 7) is 11.1. The monoisotopic (exact) mass is 372 g/mol. The molecule has 0 aliphatic heterocycles. The van der Waals surface area contributed by atoms with E-state index < -0.39 is 0 Å². The molecule has 0 unspecified atom stereocenters. The van der Waals surface area contributed by atoms with Crippen molar-refractivity contribution in [3.8, 4) is 17.1 Å². The van der Waals surface area contributed by atoms with Crippen LogP contribution >= 0.6 is 0 Å². The standard InChI is InChI=1S/C24H28N4/c1-15(2)19-8-7-9-20(16(3)4)23(19)28-13-12-25-24(28)18-10-11-21-22(14-18)27(6)17(5)26-21/h7-16H,1-6H3. The zero-order valence-corrected chi connectivity index (χ0v) is 17.6. The predicted molar refractivity (Wildman–Crippen MR) is 116 cm³/mol. The fourth-order valence-corrected chi connectivity index (χ4v) is 3.94. The summed E-state index contributed by atoms with van der Waals surface area (Å²) in [6.07, 6.45) is 3.98. The summed E-state index contributed by atoms with van der Waals surface area (Å²) >= 11 is 0. The fourth-order valence-electron chi connectivity index (χ4n) is 3.94. The lowest BCUT2D eigenvalue weighted by atomic mass is 9.92. The molecule has 0 aliphatic rings. The SMILES string of the molecule is Cc1nc2ccc(-c3nccn3-c3c(C(C)C)cccc3C(C)C)cc2n1C. The number of rotatable bonds is 4. The van der Waals surface area contributed by atoms with Crippen molar-refractivity contribution in [2.24, 2.45) is 7.05 Å². The first-order chi connectivity index (χ1) is 13.4. The maximum absolute atomic E-state index is 4.74. The van der Waals surface area contributed by atoms with Crippen molar-refractivity contribution >= 4 is 11.0 Å². The summed E-state index contributed by atoms with van der Waals surface area (Å²) in [5, 5.41) is 0. The molecule has 2 aromatic heterocycles. The van der Waals surface area contributed by atoms with E-state index in [1.807, 2.05) is 13.1 Å². The number of aromatic nitrogens is 4. The largest absolute Gasteiger partial charge is 0.331 e. The van der Waals surface area contributed by atoms with Gasteiger partial charge in [-0.25, -0.2) is 9.97 Å². The zero-order chi connectivity index (χ0) is 20.0. The van der Waals surface area contributed by atoms with E-state index in [4.69, 9.17) is 4.98 Å². The summed E-state index contributed by atoms with van der Waals surface area (Å²) in [5.41, 5.74) is 7.22. The van der Waals surface area contributed by atoms with E-state index in [9.17, 15) is 0 Å². The van der Waals surface area contributed by atoms with E-state index in [-0.39, 0.29) is 0 Å². The summed E-state index contributed by atoms with van der Waals surface area (Å²) in [6, 6.07) is 13.1. The molecule has 0 fully saturated rings. The third-order valence-corrected chi connectivity index (χ3v) is 5.59. The van der Waals surface area contributed by atoms with Crippen molar-refractivity contribution in [1.29, 1.82) is 0 Å². The Bertz CT molecular complexity index is 1120. The Morgan fingerprint density at radius 3 is 2.25 bits per heavy atom. The lowest BCUT2D eigenvalue weighted by molar-refractivity contribution is 0.806. The van der Waals surface area contributed by atoms with Gasteiger partial charge in [-0.05, 0) is 48.1 Å². The second-order valence-corrected chi connectivity index (χ2v) is 8.14. The average Bonchev–Trinajstić information content (AvgIpc) is 3.26. The first-order valence-corrected chi connectivity index (χ1v) is 9.98. The summed E-state index contributed by atoms with van der Waals surface area (Å²) in [4.78, 5) is 9.37. The van der Waals surface area contributed by atoms with Gasteiger partial charge in [0.2, 0.25) is 0 Å². The lowest BCUT2D eigenvalue weighted by Gasteiger charge is -2.21. The molecular weight excluding hydrogens is 344 g/mol. The maximum Gasteiger partial charge on any atom is 0.144 e. The Balaban J connectivity index is 1.95. The highest BCUT2D eigenvalue weighted by molar-refractivity contribution is 5.81. The van der Waals surface area contributed by atoms with Crippen molar-refractivity contribution in [2.75, 3.05) is 0 Å². The third-order valence-electron chi connectivity index (χ3n) is 5.59. The van der Waals surface area contributed by atoms with Crippen molar-refractivity contribution in [1.82, 2.24) is 19.1 Å². The number of imidazole rings is 2. The third kappa shape index (κ3) is 2.93. The quantitative estimate of drug-likeness (QED) is 0.442. The molecule has 4 nitrogen and oxygen atoms in total. The van der Waals surface area contributed by atoms with Crippen LogP contribution in [-0.2, 0) is 7.05 Å². The van der Waals surface area contributed by atoms with E-state index in [2.05, 4.69) is 91.5 Å². The minimum atomic E-state index is 0.436.